The molecule has 1 aromatic carbocycles. The number of hydrogen-bond acceptors (Lipinski definition) is 3. The molecule has 0 atom stereocenters. The van der Waals surface area contributed by atoms with Gasteiger partial charge in [-0.3, -0.25) is 0 Å². The van der Waals surface area contributed by atoms with Crippen LogP contribution in [0.4, 0.5) is 8.78 Å². The minimum absolute atomic E-state index is 0.0447. The van der Waals surface area contributed by atoms with E-state index < -0.39 is 11.6 Å². The average molecular weight is 282 g/mol. The van der Waals surface area contributed by atoms with Gasteiger partial charge < -0.3 is 9.94 Å². The van der Waals surface area contributed by atoms with Gasteiger partial charge in [-0.2, -0.15) is 5.06 Å². The summed E-state index contributed by atoms with van der Waals surface area (Å²) < 4.78 is 31.7. The molecule has 0 unspecified atom stereocenters. The van der Waals surface area contributed by atoms with E-state index in [9.17, 15) is 8.78 Å². The summed E-state index contributed by atoms with van der Waals surface area (Å²) >= 11 is 2.95. The van der Waals surface area contributed by atoms with Gasteiger partial charge in [-0.05, 0) is 15.9 Å². The molecule has 0 bridgehead atoms. The molecule has 6 heteroatoms. The molecule has 0 saturated carbocycles. The number of benzene rings is 1. The minimum Gasteiger partial charge on any atom is -0.495 e. The summed E-state index contributed by atoms with van der Waals surface area (Å²) in [7, 11) is 2.62. The van der Waals surface area contributed by atoms with Crippen molar-refractivity contribution in [3.05, 3.63) is 27.7 Å². The lowest BCUT2D eigenvalue weighted by Crippen LogP contribution is -2.14. The number of methoxy groups -OCH3 is 1. The van der Waals surface area contributed by atoms with Gasteiger partial charge in [0.2, 0.25) is 0 Å². The normalized spacial score (nSPS) is 10.9. The van der Waals surface area contributed by atoms with E-state index in [-0.39, 0.29) is 22.3 Å². The van der Waals surface area contributed by atoms with Crippen molar-refractivity contribution < 1.29 is 18.7 Å². The second kappa shape index (κ2) is 4.87. The van der Waals surface area contributed by atoms with E-state index in [0.717, 1.165) is 6.07 Å². The quantitative estimate of drug-likeness (QED) is 0.683. The summed E-state index contributed by atoms with van der Waals surface area (Å²) in [5, 5.41) is 9.62. The number of hydroxylamine groups is 2. The van der Waals surface area contributed by atoms with Gasteiger partial charge in [0.25, 0.3) is 0 Å². The third-order valence-corrected chi connectivity index (χ3v) is 2.57. The predicted molar refractivity (Wildman–Crippen MR) is 53.9 cm³/mol. The van der Waals surface area contributed by atoms with Gasteiger partial charge in [-0.25, -0.2) is 8.78 Å². The van der Waals surface area contributed by atoms with Crippen molar-refractivity contribution in [1.82, 2.24) is 5.06 Å². The van der Waals surface area contributed by atoms with E-state index in [2.05, 4.69) is 15.9 Å². The molecular weight excluding hydrogens is 272 g/mol. The topological polar surface area (TPSA) is 32.7 Å². The van der Waals surface area contributed by atoms with E-state index in [1.54, 1.807) is 0 Å². The molecule has 0 heterocycles. The van der Waals surface area contributed by atoms with Crippen LogP contribution in [-0.4, -0.2) is 24.4 Å². The Bertz CT molecular complexity index is 372. The van der Waals surface area contributed by atoms with Crippen molar-refractivity contribution in [2.24, 2.45) is 0 Å². The van der Waals surface area contributed by atoms with E-state index in [0.29, 0.717) is 5.06 Å². The third kappa shape index (κ3) is 2.64. The number of halogens is 3. The summed E-state index contributed by atoms with van der Waals surface area (Å²) in [5.41, 5.74) is -0.215. The molecule has 84 valence electrons. The second-order valence-corrected chi connectivity index (χ2v) is 3.78. The van der Waals surface area contributed by atoms with Crippen LogP contribution in [-0.2, 0) is 6.54 Å². The van der Waals surface area contributed by atoms with Crippen LogP contribution >= 0.6 is 15.9 Å². The molecule has 0 fully saturated rings. The molecule has 0 aliphatic rings. The van der Waals surface area contributed by atoms with Gasteiger partial charge in [0.15, 0.2) is 0 Å². The molecule has 3 nitrogen and oxygen atoms in total. The van der Waals surface area contributed by atoms with Gasteiger partial charge >= 0.3 is 0 Å². The smallest absolute Gasteiger partial charge is 0.148 e. The molecule has 0 aliphatic heterocycles. The average Bonchev–Trinajstić information content (AvgIpc) is 2.18. The maximum Gasteiger partial charge on any atom is 0.148 e. The van der Waals surface area contributed by atoms with Crippen LogP contribution < -0.4 is 4.74 Å². The molecule has 0 saturated heterocycles. The molecular formula is C9H10BrF2NO2. The Morgan fingerprint density at radius 1 is 1.53 bits per heavy atom. The summed E-state index contributed by atoms with van der Waals surface area (Å²) in [6.07, 6.45) is 0. The van der Waals surface area contributed by atoms with Crippen LogP contribution in [0.25, 0.3) is 0 Å². The number of nitrogens with zero attached hydrogens (tertiary/aromatic N) is 1. The molecule has 1 rings (SSSR count). The lowest BCUT2D eigenvalue weighted by Gasteiger charge is -2.13. The highest BCUT2D eigenvalue weighted by molar-refractivity contribution is 9.10. The first-order valence-corrected chi connectivity index (χ1v) is 4.87. The van der Waals surface area contributed by atoms with Gasteiger partial charge in [0.1, 0.15) is 17.4 Å². The fourth-order valence-corrected chi connectivity index (χ4v) is 1.65. The number of ether oxygens (including phenoxy) is 1. The van der Waals surface area contributed by atoms with Gasteiger partial charge in [0, 0.05) is 18.7 Å². The first kappa shape index (κ1) is 12.4. The fourth-order valence-electron chi connectivity index (χ4n) is 1.13. The first-order valence-electron chi connectivity index (χ1n) is 4.07. The number of rotatable bonds is 3. The van der Waals surface area contributed by atoms with Crippen LogP contribution in [0.15, 0.2) is 10.5 Å². The molecule has 0 spiro atoms. The monoisotopic (exact) mass is 281 g/mol. The zero-order valence-electron chi connectivity index (χ0n) is 8.22. The Morgan fingerprint density at radius 2 is 2.13 bits per heavy atom. The first-order chi connectivity index (χ1) is 6.97. The maximum atomic E-state index is 13.6. The lowest BCUT2D eigenvalue weighted by atomic mass is 10.2. The fraction of sp³-hybridized carbons (Fsp3) is 0.333. The van der Waals surface area contributed by atoms with Crippen LogP contribution in [0, 0.1) is 11.6 Å². The summed E-state index contributed by atoms with van der Waals surface area (Å²) in [6, 6.07) is 1.06. The molecule has 1 aromatic rings. The highest BCUT2D eigenvalue weighted by Crippen LogP contribution is 2.32. The second-order valence-electron chi connectivity index (χ2n) is 2.98. The Kier molecular flexibility index (Phi) is 4.01. The molecule has 15 heavy (non-hydrogen) atoms. The van der Waals surface area contributed by atoms with E-state index >= 15 is 0 Å². The van der Waals surface area contributed by atoms with E-state index in [1.165, 1.54) is 14.2 Å². The zero-order chi connectivity index (χ0) is 11.6. The summed E-state index contributed by atoms with van der Waals surface area (Å²) in [4.78, 5) is 0. The van der Waals surface area contributed by atoms with E-state index in [1.807, 2.05) is 0 Å². The highest BCUT2D eigenvalue weighted by Gasteiger charge is 2.18. The Labute approximate surface area is 94.3 Å². The lowest BCUT2D eigenvalue weighted by molar-refractivity contribution is -0.0746. The molecule has 0 aliphatic carbocycles. The van der Waals surface area contributed by atoms with Crippen LogP contribution in [0.1, 0.15) is 5.56 Å². The molecule has 1 N–H and O–H groups in total. The summed E-state index contributed by atoms with van der Waals surface area (Å²) in [6.45, 7) is -0.236. The van der Waals surface area contributed by atoms with Crippen LogP contribution in [0.2, 0.25) is 0 Å². The Balaban J connectivity index is 3.23. The van der Waals surface area contributed by atoms with Crippen molar-refractivity contribution in [1.29, 1.82) is 0 Å². The van der Waals surface area contributed by atoms with Gasteiger partial charge in [0.05, 0.1) is 18.1 Å². The Hall–Kier alpha value is -0.720. The molecule has 0 aromatic heterocycles. The number of hydrogen-bond donors (Lipinski definition) is 1. The SMILES string of the molecule is COc1cc(F)c(CN(C)O)c(F)c1Br. The maximum absolute atomic E-state index is 13.6. The van der Waals surface area contributed by atoms with Crippen LogP contribution in [0.3, 0.4) is 0 Å². The largest absolute Gasteiger partial charge is 0.495 e. The van der Waals surface area contributed by atoms with Crippen molar-refractivity contribution in [3.63, 3.8) is 0 Å². The summed E-state index contributed by atoms with van der Waals surface area (Å²) in [5.74, 6) is -1.45. The molecule has 0 amide bonds. The van der Waals surface area contributed by atoms with Crippen molar-refractivity contribution in [3.8, 4) is 5.75 Å². The van der Waals surface area contributed by atoms with Gasteiger partial charge in [-0.15, -0.1) is 0 Å². The third-order valence-electron chi connectivity index (χ3n) is 1.83. The van der Waals surface area contributed by atoms with E-state index in [4.69, 9.17) is 9.94 Å². The zero-order valence-corrected chi connectivity index (χ0v) is 9.81. The minimum atomic E-state index is -0.771. The highest BCUT2D eigenvalue weighted by atomic mass is 79.9. The Morgan fingerprint density at radius 3 is 2.60 bits per heavy atom. The molecule has 0 radical (unpaired) electrons. The predicted octanol–water partition coefficient (Wildman–Crippen LogP) is 2.56. The van der Waals surface area contributed by atoms with Crippen molar-refractivity contribution in [2.75, 3.05) is 14.2 Å². The standard InChI is InChI=1S/C9H10BrF2NO2/c1-13(14)4-5-6(11)3-7(15-2)8(10)9(5)12/h3,14H,4H2,1-2H3. The van der Waals surface area contributed by atoms with Crippen molar-refractivity contribution >= 4 is 15.9 Å². The van der Waals surface area contributed by atoms with Crippen molar-refractivity contribution in [2.45, 2.75) is 6.54 Å². The van der Waals surface area contributed by atoms with Gasteiger partial charge in [-0.1, -0.05) is 0 Å². The van der Waals surface area contributed by atoms with Crippen LogP contribution in [0.5, 0.6) is 5.75 Å².